The molecule has 0 amide bonds. The Morgan fingerprint density at radius 3 is 2.63 bits per heavy atom. The van der Waals surface area contributed by atoms with E-state index in [1.54, 1.807) is 23.0 Å². The first-order valence-corrected chi connectivity index (χ1v) is 13.0. The predicted octanol–water partition coefficient (Wildman–Crippen LogP) is 2.71. The van der Waals surface area contributed by atoms with Crippen molar-refractivity contribution in [3.05, 3.63) is 89.4 Å². The molecule has 176 valence electrons. The second-order valence-corrected chi connectivity index (χ2v) is 10.4. The zero-order valence-corrected chi connectivity index (χ0v) is 20.0. The van der Waals surface area contributed by atoms with Crippen LogP contribution in [0.2, 0.25) is 0 Å². The van der Waals surface area contributed by atoms with Gasteiger partial charge in [-0.2, -0.15) is 13.9 Å². The topological polar surface area (TPSA) is 92.5 Å². The van der Waals surface area contributed by atoms with Crippen LogP contribution >= 0.6 is 0 Å². The van der Waals surface area contributed by atoms with E-state index < -0.39 is 10.0 Å². The van der Waals surface area contributed by atoms with Crippen LogP contribution in [0.4, 0.5) is 5.82 Å². The summed E-state index contributed by atoms with van der Waals surface area (Å²) in [6.45, 7) is 1.45. The van der Waals surface area contributed by atoms with Crippen molar-refractivity contribution in [3.63, 3.8) is 0 Å². The highest BCUT2D eigenvalue weighted by Gasteiger charge is 2.28. The van der Waals surface area contributed by atoms with Gasteiger partial charge in [0.25, 0.3) is 0 Å². The average Bonchev–Trinajstić information content (AvgIpc) is 3.28. The maximum absolute atomic E-state index is 12.8. The van der Waals surface area contributed by atoms with E-state index in [0.29, 0.717) is 43.6 Å². The van der Waals surface area contributed by atoms with Gasteiger partial charge in [0.15, 0.2) is 0 Å². The van der Waals surface area contributed by atoms with E-state index in [9.17, 15) is 8.42 Å². The average molecular weight is 484 g/mol. The van der Waals surface area contributed by atoms with Gasteiger partial charge in [-0.1, -0.05) is 36.4 Å². The molecule has 1 aromatic carbocycles. The molecule has 0 spiro atoms. The largest absolute Gasteiger partial charge is 0.366 e. The third-order valence-electron chi connectivity index (χ3n) is 6.18. The van der Waals surface area contributed by atoms with E-state index >= 15 is 0 Å². The van der Waals surface area contributed by atoms with Crippen LogP contribution in [-0.2, 0) is 16.6 Å². The maximum Gasteiger partial charge on any atom is 0.236 e. The van der Waals surface area contributed by atoms with Crippen molar-refractivity contribution < 1.29 is 8.42 Å². The van der Waals surface area contributed by atoms with Gasteiger partial charge in [0.1, 0.15) is 19.3 Å². The molecule has 10 heteroatoms. The molecule has 5 rings (SSSR count). The molecular formula is C25H25BN6O2S. The van der Waals surface area contributed by atoms with E-state index in [2.05, 4.69) is 15.4 Å². The number of rotatable bonds is 7. The monoisotopic (exact) mass is 484 g/mol. The number of pyridine rings is 1. The number of nitrogens with one attached hydrogen (secondary N) is 1. The summed E-state index contributed by atoms with van der Waals surface area (Å²) in [5.41, 5.74) is 3.88. The molecule has 0 unspecified atom stereocenters. The van der Waals surface area contributed by atoms with Gasteiger partial charge in [-0.15, -0.1) is 0 Å². The summed E-state index contributed by atoms with van der Waals surface area (Å²) in [7, 11) is 2.65. The molecular weight excluding hydrogens is 459 g/mol. The zero-order valence-electron chi connectivity index (χ0n) is 19.2. The van der Waals surface area contributed by atoms with Crippen LogP contribution in [0.3, 0.4) is 0 Å². The van der Waals surface area contributed by atoms with E-state index in [0.717, 1.165) is 22.6 Å². The van der Waals surface area contributed by atoms with Crippen LogP contribution in [0, 0.1) is 0 Å². The highest BCUT2D eigenvalue weighted by atomic mass is 32.2. The van der Waals surface area contributed by atoms with E-state index in [4.69, 9.17) is 12.8 Å². The summed E-state index contributed by atoms with van der Waals surface area (Å²) in [6.07, 6.45) is 8.14. The lowest BCUT2D eigenvalue weighted by atomic mass is 9.94. The van der Waals surface area contributed by atoms with E-state index in [1.807, 2.05) is 54.7 Å². The predicted molar refractivity (Wildman–Crippen MR) is 138 cm³/mol. The van der Waals surface area contributed by atoms with E-state index in [1.165, 1.54) is 9.71 Å². The summed E-state index contributed by atoms with van der Waals surface area (Å²) in [6, 6.07) is 15.3. The fourth-order valence-electron chi connectivity index (χ4n) is 4.25. The first-order chi connectivity index (χ1) is 17.0. The van der Waals surface area contributed by atoms with Gasteiger partial charge in [-0.05, 0) is 41.6 Å². The van der Waals surface area contributed by atoms with Crippen LogP contribution in [-0.4, -0.2) is 53.2 Å². The lowest BCUT2D eigenvalue weighted by molar-refractivity contribution is 0.320. The van der Waals surface area contributed by atoms with Crippen molar-refractivity contribution >= 4 is 40.9 Å². The van der Waals surface area contributed by atoms with Gasteiger partial charge in [0, 0.05) is 61.3 Å². The highest BCUT2D eigenvalue weighted by Crippen LogP contribution is 2.30. The molecule has 4 heterocycles. The number of sulfonamides is 1. The Morgan fingerprint density at radius 1 is 1.09 bits per heavy atom. The van der Waals surface area contributed by atoms with Crippen LogP contribution in [0.1, 0.15) is 35.6 Å². The Morgan fingerprint density at radius 2 is 1.89 bits per heavy atom. The molecule has 3 aromatic heterocycles. The molecule has 4 aromatic rings. The third-order valence-corrected chi connectivity index (χ3v) is 7.74. The lowest BCUT2D eigenvalue weighted by Crippen LogP contribution is -2.37. The van der Waals surface area contributed by atoms with Crippen molar-refractivity contribution in [1.29, 1.82) is 0 Å². The third kappa shape index (κ3) is 5.28. The normalized spacial score (nSPS) is 15.7. The standard InChI is InChI=1S/C25H25BN6O2S/c26-22-18-29-32-24(28-17-20-7-4-11-27-16-20)15-23(30-25(22)32)21-8-12-31(13-9-21)35(33,34)14-10-19-5-2-1-3-6-19/h1-7,10-11,14-16,18,21,28H,8-9,12-13,17H2/b14-10+. The summed E-state index contributed by atoms with van der Waals surface area (Å²) < 4.78 is 28.9. The number of nitrogens with zero attached hydrogens (tertiary/aromatic N) is 5. The minimum absolute atomic E-state index is 0.123. The Balaban J connectivity index is 1.31. The lowest BCUT2D eigenvalue weighted by Gasteiger charge is -2.30. The quantitative estimate of drug-likeness (QED) is 0.406. The molecule has 35 heavy (non-hydrogen) atoms. The van der Waals surface area contributed by atoms with Crippen molar-refractivity contribution in [2.45, 2.75) is 25.3 Å². The maximum atomic E-state index is 12.8. The Bertz CT molecular complexity index is 1430. The second-order valence-electron chi connectivity index (χ2n) is 8.55. The van der Waals surface area contributed by atoms with Crippen LogP contribution < -0.4 is 10.8 Å². The Hall–Kier alpha value is -3.50. The van der Waals surface area contributed by atoms with Gasteiger partial charge in [-0.25, -0.2) is 13.4 Å². The van der Waals surface area contributed by atoms with Gasteiger partial charge in [0.2, 0.25) is 10.0 Å². The van der Waals surface area contributed by atoms with Gasteiger partial charge < -0.3 is 5.32 Å². The van der Waals surface area contributed by atoms with Gasteiger partial charge in [0.05, 0.1) is 0 Å². The fraction of sp³-hybridized carbons (Fsp3) is 0.240. The zero-order chi connectivity index (χ0) is 24.3. The highest BCUT2D eigenvalue weighted by molar-refractivity contribution is 7.92. The molecule has 0 saturated carbocycles. The summed E-state index contributed by atoms with van der Waals surface area (Å²) >= 11 is 0. The smallest absolute Gasteiger partial charge is 0.236 e. The molecule has 1 fully saturated rings. The molecule has 1 aliphatic rings. The summed E-state index contributed by atoms with van der Waals surface area (Å²) in [5.74, 6) is 0.907. The van der Waals surface area contributed by atoms with Crippen molar-refractivity contribution in [2.24, 2.45) is 0 Å². The van der Waals surface area contributed by atoms with Crippen LogP contribution in [0.5, 0.6) is 0 Å². The number of hydrogen-bond donors (Lipinski definition) is 1. The first-order valence-electron chi connectivity index (χ1n) is 11.5. The molecule has 1 aliphatic heterocycles. The number of fused-ring (bicyclic) bond motifs is 1. The van der Waals surface area contributed by atoms with Gasteiger partial charge in [-0.3, -0.25) is 4.98 Å². The van der Waals surface area contributed by atoms with Gasteiger partial charge >= 0.3 is 0 Å². The molecule has 0 bridgehead atoms. The second kappa shape index (κ2) is 10.0. The minimum Gasteiger partial charge on any atom is -0.366 e. The molecule has 0 aliphatic carbocycles. The van der Waals surface area contributed by atoms with Crippen molar-refractivity contribution in [2.75, 3.05) is 18.4 Å². The molecule has 0 atom stereocenters. The number of aromatic nitrogens is 4. The fourth-order valence-corrected chi connectivity index (χ4v) is 5.47. The Labute approximate surface area is 206 Å². The molecule has 1 saturated heterocycles. The van der Waals surface area contributed by atoms with Crippen molar-refractivity contribution in [3.8, 4) is 0 Å². The first kappa shape index (κ1) is 23.3. The number of anilines is 1. The Kier molecular flexibility index (Phi) is 6.65. The van der Waals surface area contributed by atoms with Crippen molar-refractivity contribution in [1.82, 2.24) is 23.9 Å². The van der Waals surface area contributed by atoms with Crippen LogP contribution in [0.15, 0.2) is 72.5 Å². The van der Waals surface area contributed by atoms with Crippen LogP contribution in [0.25, 0.3) is 11.7 Å². The van der Waals surface area contributed by atoms with E-state index in [-0.39, 0.29) is 5.92 Å². The summed E-state index contributed by atoms with van der Waals surface area (Å²) in [4.78, 5) is 8.94. The number of hydrogen-bond acceptors (Lipinski definition) is 6. The number of benzene rings is 1. The summed E-state index contributed by atoms with van der Waals surface area (Å²) in [5, 5.41) is 9.07. The molecule has 2 radical (unpaired) electrons. The molecule has 1 N–H and O–H groups in total. The number of piperidine rings is 1. The molecule has 8 nitrogen and oxygen atoms in total. The minimum atomic E-state index is -3.49. The SMILES string of the molecule is [B]c1cnn2c(NCc3cccnc3)cc(C3CCN(S(=O)(=O)/C=C/c4ccccc4)CC3)nc12.